The minimum absolute atomic E-state index is 0.0947. The van der Waals surface area contributed by atoms with Gasteiger partial charge in [0.25, 0.3) is 0 Å². The summed E-state index contributed by atoms with van der Waals surface area (Å²) in [4.78, 5) is 12.3. The van der Waals surface area contributed by atoms with Crippen LogP contribution in [0.2, 0.25) is 0 Å². The Morgan fingerprint density at radius 1 is 1.17 bits per heavy atom. The van der Waals surface area contributed by atoms with Gasteiger partial charge in [-0.3, -0.25) is 9.48 Å². The lowest BCUT2D eigenvalue weighted by Crippen LogP contribution is -2.29. The normalized spacial score (nSPS) is 14.6. The van der Waals surface area contributed by atoms with Gasteiger partial charge in [0.2, 0.25) is 6.10 Å². The molecule has 160 valence electrons. The Labute approximate surface area is 163 Å². The van der Waals surface area contributed by atoms with E-state index in [2.05, 4.69) is 9.84 Å². The first-order valence-electron chi connectivity index (χ1n) is 8.65. The van der Waals surface area contributed by atoms with Gasteiger partial charge >= 0.3 is 18.3 Å². The van der Waals surface area contributed by atoms with Gasteiger partial charge in [0.05, 0.1) is 17.2 Å². The molecule has 1 heterocycles. The van der Waals surface area contributed by atoms with E-state index in [0.717, 1.165) is 17.8 Å². The molecule has 0 saturated heterocycles. The third kappa shape index (κ3) is 5.30. The minimum Gasteiger partial charge on any atom is -0.447 e. The molecule has 0 saturated carbocycles. The topological polar surface area (TPSA) is 44.1 Å². The van der Waals surface area contributed by atoms with Crippen LogP contribution in [0, 0.1) is 19.8 Å². The van der Waals surface area contributed by atoms with Crippen LogP contribution in [0.1, 0.15) is 41.1 Å². The number of aromatic nitrogens is 2. The summed E-state index contributed by atoms with van der Waals surface area (Å²) in [5, 5.41) is 4.18. The predicted octanol–water partition coefficient (Wildman–Crippen LogP) is 5.08. The summed E-state index contributed by atoms with van der Waals surface area (Å²) in [5.41, 5.74) is 0.0541. The first-order valence-corrected chi connectivity index (χ1v) is 8.65. The molecule has 0 aliphatic heterocycles. The minimum atomic E-state index is -5.07. The van der Waals surface area contributed by atoms with Crippen molar-refractivity contribution in [3.05, 3.63) is 52.3 Å². The maximum absolute atomic E-state index is 13.4. The molecule has 2 aromatic rings. The second-order valence-corrected chi connectivity index (χ2v) is 6.86. The van der Waals surface area contributed by atoms with Crippen molar-refractivity contribution in [3.63, 3.8) is 0 Å². The van der Waals surface area contributed by atoms with Crippen LogP contribution >= 0.6 is 0 Å². The number of hydrogen-bond donors (Lipinski definition) is 0. The summed E-state index contributed by atoms with van der Waals surface area (Å²) in [7, 11) is 1.70. The average Bonchev–Trinajstić information content (AvgIpc) is 2.84. The molecule has 2 rings (SSSR count). The van der Waals surface area contributed by atoms with E-state index in [0.29, 0.717) is 23.4 Å². The smallest absolute Gasteiger partial charge is 0.429 e. The molecule has 29 heavy (non-hydrogen) atoms. The van der Waals surface area contributed by atoms with Crippen molar-refractivity contribution < 1.29 is 35.9 Å². The third-order valence-corrected chi connectivity index (χ3v) is 4.62. The van der Waals surface area contributed by atoms with Crippen LogP contribution in [0.15, 0.2) is 24.3 Å². The first-order chi connectivity index (χ1) is 13.2. The number of esters is 1. The van der Waals surface area contributed by atoms with Crippen molar-refractivity contribution >= 4 is 5.97 Å². The van der Waals surface area contributed by atoms with Crippen LogP contribution < -0.4 is 0 Å². The van der Waals surface area contributed by atoms with Crippen LogP contribution in [0.5, 0.6) is 0 Å². The Morgan fingerprint density at radius 2 is 1.79 bits per heavy atom. The number of hydrogen-bond acceptors (Lipinski definition) is 3. The second kappa shape index (κ2) is 8.08. The molecule has 1 aromatic heterocycles. The van der Waals surface area contributed by atoms with Crippen molar-refractivity contribution in [1.29, 1.82) is 0 Å². The van der Waals surface area contributed by atoms with Gasteiger partial charge < -0.3 is 4.74 Å². The Hall–Kier alpha value is -2.52. The van der Waals surface area contributed by atoms with Crippen LogP contribution in [0.3, 0.4) is 0 Å². The summed E-state index contributed by atoms with van der Waals surface area (Å²) in [6.45, 7) is 4.86. The lowest BCUT2D eigenvalue weighted by Gasteiger charge is -2.23. The van der Waals surface area contributed by atoms with Crippen LogP contribution in [-0.4, -0.2) is 21.9 Å². The van der Waals surface area contributed by atoms with E-state index in [-0.39, 0.29) is 6.42 Å². The quantitative estimate of drug-likeness (QED) is 0.499. The molecule has 0 aliphatic carbocycles. The highest BCUT2D eigenvalue weighted by atomic mass is 19.4. The number of ether oxygens (including phenoxy) is 1. The molecule has 4 nitrogen and oxygen atoms in total. The van der Waals surface area contributed by atoms with Gasteiger partial charge in [0.15, 0.2) is 0 Å². The average molecular weight is 422 g/mol. The van der Waals surface area contributed by atoms with Gasteiger partial charge in [0.1, 0.15) is 0 Å². The Balaban J connectivity index is 2.25. The molecule has 0 N–H and O–H groups in total. The monoisotopic (exact) mass is 422 g/mol. The molecule has 0 bridgehead atoms. The van der Waals surface area contributed by atoms with Crippen LogP contribution in [0.4, 0.5) is 26.3 Å². The fourth-order valence-electron chi connectivity index (χ4n) is 2.94. The lowest BCUT2D eigenvalue weighted by atomic mass is 9.99. The maximum Gasteiger partial charge on any atom is 0.429 e. The van der Waals surface area contributed by atoms with E-state index < -0.39 is 41.5 Å². The van der Waals surface area contributed by atoms with Gasteiger partial charge in [-0.2, -0.15) is 31.4 Å². The van der Waals surface area contributed by atoms with Gasteiger partial charge in [0, 0.05) is 18.3 Å². The molecule has 0 amide bonds. The van der Waals surface area contributed by atoms with E-state index in [4.69, 9.17) is 0 Å². The zero-order valence-electron chi connectivity index (χ0n) is 16.1. The van der Waals surface area contributed by atoms with Gasteiger partial charge in [-0.15, -0.1) is 0 Å². The maximum atomic E-state index is 13.4. The van der Waals surface area contributed by atoms with Crippen LogP contribution in [-0.2, 0) is 29.2 Å². The molecule has 1 aromatic carbocycles. The fourth-order valence-corrected chi connectivity index (χ4v) is 2.94. The second-order valence-electron chi connectivity index (χ2n) is 6.86. The molecule has 10 heteroatoms. The van der Waals surface area contributed by atoms with Gasteiger partial charge in [-0.1, -0.05) is 19.1 Å². The Bertz CT molecular complexity index is 886. The van der Waals surface area contributed by atoms with Crippen molar-refractivity contribution in [2.45, 2.75) is 45.6 Å². The SMILES string of the molecule is Cc1nn(C)c(C)c1C[C@H](C)C(=O)O[C@H](c1cccc(C(F)(F)F)c1)C(F)(F)F. The number of halogens is 6. The molecular weight excluding hydrogens is 402 g/mol. The predicted molar refractivity (Wildman–Crippen MR) is 91.9 cm³/mol. The number of benzene rings is 1. The highest BCUT2D eigenvalue weighted by Crippen LogP contribution is 2.39. The molecule has 2 atom stereocenters. The Morgan fingerprint density at radius 3 is 2.28 bits per heavy atom. The zero-order valence-corrected chi connectivity index (χ0v) is 16.1. The number of aryl methyl sites for hydroxylation is 2. The highest BCUT2D eigenvalue weighted by molar-refractivity contribution is 5.73. The third-order valence-electron chi connectivity index (χ3n) is 4.62. The van der Waals surface area contributed by atoms with Crippen LogP contribution in [0.25, 0.3) is 0 Å². The standard InChI is InChI=1S/C19H20F6N2O2/c1-10(8-15-11(2)26-27(4)12(15)3)17(28)29-16(19(23,24)25)13-6-5-7-14(9-13)18(20,21)22/h5-7,9-10,16H,8H2,1-4H3/t10-,16+/m0/s1. The van der Waals surface area contributed by atoms with Gasteiger partial charge in [-0.25, -0.2) is 0 Å². The Kier molecular flexibility index (Phi) is 6.34. The highest BCUT2D eigenvalue weighted by Gasteiger charge is 2.45. The molecular formula is C19H20F6N2O2. The number of nitrogens with zero attached hydrogens (tertiary/aromatic N) is 2. The number of carbonyl (C=O) groups excluding carboxylic acids is 1. The first kappa shape index (κ1) is 22.8. The zero-order chi connectivity index (χ0) is 22.1. The number of alkyl halides is 6. The van der Waals surface area contributed by atoms with E-state index in [1.807, 2.05) is 0 Å². The van der Waals surface area contributed by atoms with Crippen molar-refractivity contribution in [2.75, 3.05) is 0 Å². The summed E-state index contributed by atoms with van der Waals surface area (Å²) < 4.78 is 85.1. The lowest BCUT2D eigenvalue weighted by molar-refractivity contribution is -0.226. The van der Waals surface area contributed by atoms with Crippen molar-refractivity contribution in [1.82, 2.24) is 9.78 Å². The molecule has 0 radical (unpaired) electrons. The van der Waals surface area contributed by atoms with E-state index in [9.17, 15) is 31.1 Å². The summed E-state index contributed by atoms with van der Waals surface area (Å²) >= 11 is 0. The molecule has 0 fully saturated rings. The fraction of sp³-hybridized carbons (Fsp3) is 0.474. The summed E-state index contributed by atoms with van der Waals surface area (Å²) in [6, 6.07) is 2.68. The van der Waals surface area contributed by atoms with E-state index >= 15 is 0 Å². The molecule has 0 spiro atoms. The van der Waals surface area contributed by atoms with Crippen molar-refractivity contribution in [3.8, 4) is 0 Å². The number of rotatable bonds is 5. The molecule has 0 unspecified atom stereocenters. The molecule has 0 aliphatic rings. The van der Waals surface area contributed by atoms with E-state index in [1.54, 1.807) is 25.6 Å². The largest absolute Gasteiger partial charge is 0.447 e. The van der Waals surface area contributed by atoms with E-state index in [1.165, 1.54) is 6.92 Å². The van der Waals surface area contributed by atoms with Gasteiger partial charge in [-0.05, 0) is 38.0 Å². The van der Waals surface area contributed by atoms with Crippen molar-refractivity contribution in [2.24, 2.45) is 13.0 Å². The summed E-state index contributed by atoms with van der Waals surface area (Å²) in [6.07, 6.45) is -12.6. The summed E-state index contributed by atoms with van der Waals surface area (Å²) in [5.74, 6) is -2.11. The number of carbonyl (C=O) groups is 1.